The van der Waals surface area contributed by atoms with Gasteiger partial charge in [0.25, 0.3) is 0 Å². The molecule has 0 radical (unpaired) electrons. The Morgan fingerprint density at radius 1 is 1.13 bits per heavy atom. The minimum atomic E-state index is -0.242. The van der Waals surface area contributed by atoms with Gasteiger partial charge in [-0.05, 0) is 49.8 Å². The van der Waals surface area contributed by atoms with Gasteiger partial charge in [0.2, 0.25) is 0 Å². The number of hydrogen-bond acceptors (Lipinski definition) is 2. The molecule has 0 aliphatic rings. The number of urea groups is 1. The van der Waals surface area contributed by atoms with Crippen molar-refractivity contribution in [2.24, 2.45) is 0 Å². The molecule has 0 spiro atoms. The minimum absolute atomic E-state index is 0.242. The summed E-state index contributed by atoms with van der Waals surface area (Å²) in [6.07, 6.45) is 0. The first-order chi connectivity index (χ1) is 11.0. The highest BCUT2D eigenvalue weighted by molar-refractivity contribution is 6.31. The maximum absolute atomic E-state index is 12.0. The van der Waals surface area contributed by atoms with Gasteiger partial charge in [-0.15, -0.1) is 0 Å². The number of benzene rings is 2. The third-order valence-electron chi connectivity index (χ3n) is 3.46. The van der Waals surface area contributed by atoms with E-state index in [2.05, 4.69) is 27.7 Å². The van der Waals surface area contributed by atoms with Gasteiger partial charge in [0.05, 0.1) is 0 Å². The Morgan fingerprint density at radius 2 is 1.83 bits per heavy atom. The lowest BCUT2D eigenvalue weighted by Gasteiger charge is -2.12. The summed E-state index contributed by atoms with van der Waals surface area (Å²) in [5.41, 5.74) is 3.87. The highest BCUT2D eigenvalue weighted by Crippen LogP contribution is 2.22. The van der Waals surface area contributed by atoms with E-state index >= 15 is 0 Å². The van der Waals surface area contributed by atoms with E-state index in [4.69, 9.17) is 11.6 Å². The number of carbonyl (C=O) groups excluding carboxylic acids is 1. The molecular formula is C18H22ClN3O. The average molecular weight is 332 g/mol. The number of anilines is 1. The lowest BCUT2D eigenvalue weighted by molar-refractivity contribution is 0.251. The topological polar surface area (TPSA) is 44.4 Å². The molecule has 0 saturated carbocycles. The molecule has 0 aliphatic carbocycles. The summed E-state index contributed by atoms with van der Waals surface area (Å²) in [4.78, 5) is 14.2. The minimum Gasteiger partial charge on any atom is -0.334 e. The standard InChI is InChI=1S/C18H22ClN3O/c1-13-16(19)8-5-9-17(13)21-18(23)20-11-14-6-4-7-15(10-14)12-22(2)3/h4-10H,11-12H2,1-3H3,(H2,20,21,23). The Labute approximate surface area is 142 Å². The molecule has 2 aromatic rings. The molecule has 0 aliphatic heterocycles. The Kier molecular flexibility index (Phi) is 6.02. The van der Waals surface area contributed by atoms with E-state index in [1.54, 1.807) is 6.07 Å². The van der Waals surface area contributed by atoms with Crippen molar-refractivity contribution in [1.29, 1.82) is 0 Å². The van der Waals surface area contributed by atoms with E-state index in [0.717, 1.165) is 23.4 Å². The zero-order valence-corrected chi connectivity index (χ0v) is 14.4. The van der Waals surface area contributed by atoms with Crippen LogP contribution in [0.3, 0.4) is 0 Å². The predicted octanol–water partition coefficient (Wildman–Crippen LogP) is 4.03. The third kappa shape index (κ3) is 5.27. The Morgan fingerprint density at radius 3 is 2.57 bits per heavy atom. The van der Waals surface area contributed by atoms with Crippen LogP contribution in [0.2, 0.25) is 5.02 Å². The molecule has 122 valence electrons. The Balaban J connectivity index is 1.93. The number of carbonyl (C=O) groups is 1. The first-order valence-electron chi connectivity index (χ1n) is 7.48. The van der Waals surface area contributed by atoms with E-state index in [0.29, 0.717) is 11.6 Å². The van der Waals surface area contributed by atoms with Crippen LogP contribution in [0.25, 0.3) is 0 Å². The second-order valence-electron chi connectivity index (χ2n) is 5.78. The lowest BCUT2D eigenvalue weighted by Crippen LogP contribution is -2.28. The molecule has 0 fully saturated rings. The second-order valence-corrected chi connectivity index (χ2v) is 6.19. The van der Waals surface area contributed by atoms with E-state index in [1.165, 1.54) is 5.56 Å². The van der Waals surface area contributed by atoms with Crippen molar-refractivity contribution in [3.8, 4) is 0 Å². The van der Waals surface area contributed by atoms with Crippen LogP contribution in [-0.4, -0.2) is 25.0 Å². The van der Waals surface area contributed by atoms with Crippen LogP contribution < -0.4 is 10.6 Å². The average Bonchev–Trinajstić information content (AvgIpc) is 2.50. The van der Waals surface area contributed by atoms with Gasteiger partial charge in [-0.1, -0.05) is 41.9 Å². The zero-order chi connectivity index (χ0) is 16.8. The molecule has 0 atom stereocenters. The van der Waals surface area contributed by atoms with Crippen LogP contribution in [0, 0.1) is 6.92 Å². The fourth-order valence-corrected chi connectivity index (χ4v) is 2.47. The van der Waals surface area contributed by atoms with Gasteiger partial charge < -0.3 is 15.5 Å². The summed E-state index contributed by atoms with van der Waals surface area (Å²) in [5, 5.41) is 6.33. The molecule has 2 rings (SSSR count). The molecule has 0 unspecified atom stereocenters. The number of nitrogens with one attached hydrogen (secondary N) is 2. The van der Waals surface area contributed by atoms with Crippen LogP contribution in [0.4, 0.5) is 10.5 Å². The molecule has 4 nitrogen and oxygen atoms in total. The van der Waals surface area contributed by atoms with Crippen molar-refractivity contribution in [1.82, 2.24) is 10.2 Å². The first-order valence-corrected chi connectivity index (χ1v) is 7.86. The van der Waals surface area contributed by atoms with Crippen molar-refractivity contribution in [2.45, 2.75) is 20.0 Å². The summed E-state index contributed by atoms with van der Waals surface area (Å²) >= 11 is 6.05. The quantitative estimate of drug-likeness (QED) is 0.868. The SMILES string of the molecule is Cc1c(Cl)cccc1NC(=O)NCc1cccc(CN(C)C)c1. The van der Waals surface area contributed by atoms with Crippen molar-refractivity contribution in [3.63, 3.8) is 0 Å². The molecule has 2 N–H and O–H groups in total. The zero-order valence-electron chi connectivity index (χ0n) is 13.7. The van der Waals surface area contributed by atoms with Gasteiger partial charge in [0.15, 0.2) is 0 Å². The number of nitrogens with zero attached hydrogens (tertiary/aromatic N) is 1. The summed E-state index contributed by atoms with van der Waals surface area (Å²) < 4.78 is 0. The fourth-order valence-electron chi connectivity index (χ4n) is 2.29. The molecule has 5 heteroatoms. The molecular weight excluding hydrogens is 310 g/mol. The molecule has 0 bridgehead atoms. The molecule has 2 aromatic carbocycles. The largest absolute Gasteiger partial charge is 0.334 e. The maximum atomic E-state index is 12.0. The molecule has 0 saturated heterocycles. The van der Waals surface area contributed by atoms with Gasteiger partial charge in [0.1, 0.15) is 0 Å². The van der Waals surface area contributed by atoms with Gasteiger partial charge in [-0.25, -0.2) is 4.79 Å². The number of hydrogen-bond donors (Lipinski definition) is 2. The highest BCUT2D eigenvalue weighted by Gasteiger charge is 2.06. The fraction of sp³-hybridized carbons (Fsp3) is 0.278. The van der Waals surface area contributed by atoms with Gasteiger partial charge >= 0.3 is 6.03 Å². The molecule has 23 heavy (non-hydrogen) atoms. The lowest BCUT2D eigenvalue weighted by atomic mass is 10.1. The van der Waals surface area contributed by atoms with Crippen LogP contribution in [-0.2, 0) is 13.1 Å². The van der Waals surface area contributed by atoms with Crippen LogP contribution in [0.15, 0.2) is 42.5 Å². The van der Waals surface area contributed by atoms with Gasteiger partial charge in [-0.2, -0.15) is 0 Å². The smallest absolute Gasteiger partial charge is 0.319 e. The molecule has 2 amide bonds. The number of halogens is 1. The van der Waals surface area contributed by atoms with Gasteiger partial charge in [0, 0.05) is 23.8 Å². The van der Waals surface area contributed by atoms with E-state index in [-0.39, 0.29) is 6.03 Å². The monoisotopic (exact) mass is 331 g/mol. The second kappa shape index (κ2) is 7.99. The summed E-state index contributed by atoms with van der Waals surface area (Å²) in [5.74, 6) is 0. The van der Waals surface area contributed by atoms with Crippen LogP contribution in [0.5, 0.6) is 0 Å². The highest BCUT2D eigenvalue weighted by atomic mass is 35.5. The Bertz CT molecular complexity index is 686. The number of amides is 2. The van der Waals surface area contributed by atoms with Crippen molar-refractivity contribution in [3.05, 3.63) is 64.2 Å². The molecule has 0 aromatic heterocycles. The normalized spacial score (nSPS) is 10.7. The van der Waals surface area contributed by atoms with Crippen LogP contribution >= 0.6 is 11.6 Å². The van der Waals surface area contributed by atoms with Crippen molar-refractivity contribution >= 4 is 23.3 Å². The van der Waals surface area contributed by atoms with E-state index in [1.807, 2.05) is 45.3 Å². The maximum Gasteiger partial charge on any atom is 0.319 e. The first kappa shape index (κ1) is 17.3. The number of rotatable bonds is 5. The Hall–Kier alpha value is -2.04. The molecule has 0 heterocycles. The summed E-state index contributed by atoms with van der Waals surface area (Å²) in [7, 11) is 4.07. The van der Waals surface area contributed by atoms with Crippen LogP contribution in [0.1, 0.15) is 16.7 Å². The van der Waals surface area contributed by atoms with Gasteiger partial charge in [-0.3, -0.25) is 0 Å². The van der Waals surface area contributed by atoms with Crippen molar-refractivity contribution < 1.29 is 4.79 Å². The summed E-state index contributed by atoms with van der Waals surface area (Å²) in [6.45, 7) is 3.23. The van der Waals surface area contributed by atoms with Crippen molar-refractivity contribution in [2.75, 3.05) is 19.4 Å². The predicted molar refractivity (Wildman–Crippen MR) is 95.9 cm³/mol. The van der Waals surface area contributed by atoms with E-state index < -0.39 is 0 Å². The summed E-state index contributed by atoms with van der Waals surface area (Å²) in [6, 6.07) is 13.4. The third-order valence-corrected chi connectivity index (χ3v) is 3.87. The van der Waals surface area contributed by atoms with E-state index in [9.17, 15) is 4.79 Å².